The van der Waals surface area contributed by atoms with Crippen LogP contribution in [0.15, 0.2) is 58.9 Å². The molecule has 0 spiro atoms. The summed E-state index contributed by atoms with van der Waals surface area (Å²) >= 11 is 17.7. The van der Waals surface area contributed by atoms with Gasteiger partial charge in [0.1, 0.15) is 11.3 Å². The molecule has 0 aromatic heterocycles. The molecule has 31 heavy (non-hydrogen) atoms. The van der Waals surface area contributed by atoms with E-state index in [0.717, 1.165) is 0 Å². The van der Waals surface area contributed by atoms with Crippen LogP contribution in [0.5, 0.6) is 0 Å². The van der Waals surface area contributed by atoms with Crippen LogP contribution in [-0.4, -0.2) is 28.7 Å². The Balaban J connectivity index is 1.62. The number of halogens is 3. The van der Waals surface area contributed by atoms with E-state index in [9.17, 15) is 14.7 Å². The first-order valence-electron chi connectivity index (χ1n) is 9.04. The second-order valence-corrected chi connectivity index (χ2v) is 7.88. The highest BCUT2D eigenvalue weighted by molar-refractivity contribution is 6.36. The van der Waals surface area contributed by atoms with Gasteiger partial charge in [-0.3, -0.25) is 25.9 Å². The topological polar surface area (TPSA) is 115 Å². The number of nitrogens with one attached hydrogen (secondary N) is 4. The van der Waals surface area contributed by atoms with Gasteiger partial charge in [-0.2, -0.15) is 5.10 Å². The Morgan fingerprint density at radius 1 is 1.13 bits per heavy atom. The standard InChI is InChI=1S/C20H18Cl3N5O3/c1-10(25-26-13-5-2-11(21)3-6-13)18-19(30)16(24-20(18)31)9-17(29)28-27-15-7-4-12(22)8-14(15)23/h2-8,16,26-27,30H,9H2,1H3,(H,24,31)(H,28,29). The summed E-state index contributed by atoms with van der Waals surface area (Å²) in [6, 6.07) is 10.7. The molecular formula is C20H18Cl3N5O3. The largest absolute Gasteiger partial charge is 0.509 e. The summed E-state index contributed by atoms with van der Waals surface area (Å²) < 4.78 is 0. The Morgan fingerprint density at radius 2 is 1.81 bits per heavy atom. The smallest absolute Gasteiger partial charge is 0.257 e. The number of carbonyl (C=O) groups excluding carboxylic acids is 2. The average Bonchev–Trinajstić information content (AvgIpc) is 2.99. The Morgan fingerprint density at radius 3 is 2.48 bits per heavy atom. The first kappa shape index (κ1) is 22.7. The van der Waals surface area contributed by atoms with E-state index in [-0.39, 0.29) is 23.5 Å². The summed E-state index contributed by atoms with van der Waals surface area (Å²) in [5.74, 6) is -1.26. The van der Waals surface area contributed by atoms with Crippen molar-refractivity contribution < 1.29 is 14.7 Å². The molecule has 2 amide bonds. The summed E-state index contributed by atoms with van der Waals surface area (Å²) in [5, 5.41) is 18.5. The van der Waals surface area contributed by atoms with Crippen LogP contribution >= 0.6 is 34.8 Å². The van der Waals surface area contributed by atoms with E-state index in [4.69, 9.17) is 34.8 Å². The predicted molar refractivity (Wildman–Crippen MR) is 123 cm³/mol. The second-order valence-electron chi connectivity index (χ2n) is 6.60. The van der Waals surface area contributed by atoms with Crippen LogP contribution in [0.1, 0.15) is 13.3 Å². The van der Waals surface area contributed by atoms with Gasteiger partial charge in [-0.25, -0.2) is 0 Å². The highest BCUT2D eigenvalue weighted by Crippen LogP contribution is 2.25. The Kier molecular flexibility index (Phi) is 7.27. The molecule has 1 aliphatic heterocycles. The Labute approximate surface area is 193 Å². The first-order valence-corrected chi connectivity index (χ1v) is 10.2. The maximum absolute atomic E-state index is 12.3. The van der Waals surface area contributed by atoms with E-state index < -0.39 is 17.9 Å². The van der Waals surface area contributed by atoms with E-state index in [1.54, 1.807) is 43.3 Å². The lowest BCUT2D eigenvalue weighted by atomic mass is 10.1. The number of aliphatic hydroxyl groups excluding tert-OH is 1. The van der Waals surface area contributed by atoms with Gasteiger partial charge in [-0.05, 0) is 49.4 Å². The molecule has 11 heteroatoms. The predicted octanol–water partition coefficient (Wildman–Crippen LogP) is 4.28. The zero-order valence-corrected chi connectivity index (χ0v) is 18.4. The number of hydrogen-bond acceptors (Lipinski definition) is 6. The van der Waals surface area contributed by atoms with Gasteiger partial charge >= 0.3 is 0 Å². The number of nitrogens with zero attached hydrogens (tertiary/aromatic N) is 1. The molecule has 2 aromatic rings. The number of carbonyl (C=O) groups is 2. The minimum atomic E-state index is -0.884. The van der Waals surface area contributed by atoms with Crippen molar-refractivity contribution in [3.05, 3.63) is 68.9 Å². The molecule has 2 aromatic carbocycles. The summed E-state index contributed by atoms with van der Waals surface area (Å²) in [6.07, 6.45) is -0.197. The average molecular weight is 483 g/mol. The molecule has 1 heterocycles. The minimum absolute atomic E-state index is 0.00738. The quantitative estimate of drug-likeness (QED) is 0.298. The monoisotopic (exact) mass is 481 g/mol. The van der Waals surface area contributed by atoms with E-state index in [0.29, 0.717) is 26.4 Å². The molecule has 5 N–H and O–H groups in total. The van der Waals surface area contributed by atoms with Crippen molar-refractivity contribution >= 4 is 63.7 Å². The van der Waals surface area contributed by atoms with Crippen molar-refractivity contribution in [3.8, 4) is 0 Å². The minimum Gasteiger partial charge on any atom is -0.509 e. The highest BCUT2D eigenvalue weighted by atomic mass is 35.5. The van der Waals surface area contributed by atoms with Gasteiger partial charge in [0.15, 0.2) is 0 Å². The van der Waals surface area contributed by atoms with Crippen LogP contribution in [0.4, 0.5) is 11.4 Å². The van der Waals surface area contributed by atoms with E-state index in [1.165, 1.54) is 6.07 Å². The lowest BCUT2D eigenvalue weighted by Crippen LogP contribution is -2.37. The van der Waals surface area contributed by atoms with Gasteiger partial charge in [-0.15, -0.1) is 0 Å². The molecule has 0 saturated heterocycles. The molecule has 1 atom stereocenters. The van der Waals surface area contributed by atoms with E-state index >= 15 is 0 Å². The zero-order valence-electron chi connectivity index (χ0n) is 16.2. The SMILES string of the molecule is CC(=NNc1ccc(Cl)cc1)C1=C(O)C(CC(=O)NNc2ccc(Cl)cc2Cl)NC1=O. The number of hydrazine groups is 1. The summed E-state index contributed by atoms with van der Waals surface area (Å²) in [4.78, 5) is 24.5. The molecule has 0 saturated carbocycles. The van der Waals surface area contributed by atoms with Gasteiger partial charge < -0.3 is 10.4 Å². The molecule has 1 unspecified atom stereocenters. The van der Waals surface area contributed by atoms with Crippen LogP contribution in [0.3, 0.4) is 0 Å². The van der Waals surface area contributed by atoms with Crippen LogP contribution in [0.25, 0.3) is 0 Å². The van der Waals surface area contributed by atoms with Gasteiger partial charge in [0.2, 0.25) is 5.91 Å². The summed E-state index contributed by atoms with van der Waals surface area (Å²) in [6.45, 7) is 1.57. The molecule has 0 bridgehead atoms. The molecule has 0 radical (unpaired) electrons. The van der Waals surface area contributed by atoms with Crippen molar-refractivity contribution in [2.24, 2.45) is 5.10 Å². The number of amides is 2. The van der Waals surface area contributed by atoms with Gasteiger partial charge in [0.05, 0.1) is 34.6 Å². The lowest BCUT2D eigenvalue weighted by Gasteiger charge is -2.13. The van der Waals surface area contributed by atoms with Crippen molar-refractivity contribution in [2.75, 3.05) is 10.9 Å². The number of rotatable bonds is 7. The fourth-order valence-corrected chi connectivity index (χ4v) is 3.36. The molecule has 0 fully saturated rings. The van der Waals surface area contributed by atoms with Crippen LogP contribution in [0, 0.1) is 0 Å². The normalized spacial score (nSPS) is 16.2. The second kappa shape index (κ2) is 9.91. The van der Waals surface area contributed by atoms with Crippen LogP contribution in [0.2, 0.25) is 15.1 Å². The molecular weight excluding hydrogens is 465 g/mol. The highest BCUT2D eigenvalue weighted by Gasteiger charge is 2.34. The van der Waals surface area contributed by atoms with Crippen molar-refractivity contribution in [1.82, 2.24) is 10.7 Å². The third-order valence-corrected chi connectivity index (χ3v) is 5.13. The van der Waals surface area contributed by atoms with Crippen molar-refractivity contribution in [1.29, 1.82) is 0 Å². The zero-order chi connectivity index (χ0) is 22.5. The molecule has 162 valence electrons. The number of benzene rings is 2. The van der Waals surface area contributed by atoms with Crippen LogP contribution in [-0.2, 0) is 9.59 Å². The maximum atomic E-state index is 12.3. The summed E-state index contributed by atoms with van der Waals surface area (Å²) in [7, 11) is 0. The summed E-state index contributed by atoms with van der Waals surface area (Å²) in [5.41, 5.74) is 9.30. The van der Waals surface area contributed by atoms with E-state index in [1.807, 2.05) is 0 Å². The fourth-order valence-electron chi connectivity index (χ4n) is 2.78. The maximum Gasteiger partial charge on any atom is 0.257 e. The number of hydrogen-bond donors (Lipinski definition) is 5. The lowest BCUT2D eigenvalue weighted by molar-refractivity contribution is -0.121. The number of hydrazone groups is 1. The Bertz CT molecular complexity index is 1070. The third kappa shape index (κ3) is 5.81. The fraction of sp³-hybridized carbons (Fsp3) is 0.150. The third-order valence-electron chi connectivity index (χ3n) is 4.33. The molecule has 0 aliphatic carbocycles. The Hall–Kier alpha value is -2.94. The number of anilines is 2. The van der Waals surface area contributed by atoms with Crippen molar-refractivity contribution in [2.45, 2.75) is 19.4 Å². The molecule has 1 aliphatic rings. The molecule has 3 rings (SSSR count). The van der Waals surface area contributed by atoms with Gasteiger partial charge in [-0.1, -0.05) is 34.8 Å². The first-order chi connectivity index (χ1) is 14.7. The van der Waals surface area contributed by atoms with Gasteiger partial charge in [0, 0.05) is 10.0 Å². The van der Waals surface area contributed by atoms with Crippen LogP contribution < -0.4 is 21.6 Å². The van der Waals surface area contributed by atoms with Crippen molar-refractivity contribution in [3.63, 3.8) is 0 Å². The van der Waals surface area contributed by atoms with E-state index in [2.05, 4.69) is 26.7 Å². The van der Waals surface area contributed by atoms with Gasteiger partial charge in [0.25, 0.3) is 5.91 Å². The number of aliphatic hydroxyl groups is 1. The molecule has 8 nitrogen and oxygen atoms in total.